The molecule has 0 aliphatic carbocycles. The predicted octanol–water partition coefficient (Wildman–Crippen LogP) is 2.75. The average molecular weight is 291 g/mol. The SMILES string of the molecule is COc1ccc(OCCOc2cc(F)cc(CN)c2)cc1. The quantitative estimate of drug-likeness (QED) is 0.797. The Bertz CT molecular complexity index is 572. The molecule has 0 bridgehead atoms. The van der Waals surface area contributed by atoms with E-state index in [9.17, 15) is 4.39 Å². The molecule has 0 spiro atoms. The zero-order valence-corrected chi connectivity index (χ0v) is 11.8. The minimum atomic E-state index is -0.357. The van der Waals surface area contributed by atoms with E-state index in [1.54, 1.807) is 13.2 Å². The Labute approximate surface area is 123 Å². The van der Waals surface area contributed by atoms with E-state index in [0.29, 0.717) is 24.5 Å². The first-order chi connectivity index (χ1) is 10.2. The van der Waals surface area contributed by atoms with Crippen LogP contribution in [-0.4, -0.2) is 20.3 Å². The Morgan fingerprint density at radius 1 is 0.905 bits per heavy atom. The summed E-state index contributed by atoms with van der Waals surface area (Å²) in [4.78, 5) is 0. The highest BCUT2D eigenvalue weighted by Gasteiger charge is 2.01. The van der Waals surface area contributed by atoms with Crippen molar-refractivity contribution in [2.24, 2.45) is 5.73 Å². The Kier molecular flexibility index (Phi) is 5.40. The van der Waals surface area contributed by atoms with Gasteiger partial charge < -0.3 is 19.9 Å². The Hall–Kier alpha value is -2.27. The third kappa shape index (κ3) is 4.65. The molecule has 2 aromatic rings. The first-order valence-electron chi connectivity index (χ1n) is 6.60. The fourth-order valence-corrected chi connectivity index (χ4v) is 1.81. The zero-order valence-electron chi connectivity index (χ0n) is 11.8. The molecule has 0 saturated heterocycles. The van der Waals surface area contributed by atoms with Crippen LogP contribution in [0.4, 0.5) is 4.39 Å². The van der Waals surface area contributed by atoms with Crippen LogP contribution in [-0.2, 0) is 6.54 Å². The summed E-state index contributed by atoms with van der Waals surface area (Å²) in [6, 6.07) is 11.7. The van der Waals surface area contributed by atoms with Crippen molar-refractivity contribution in [2.45, 2.75) is 6.54 Å². The van der Waals surface area contributed by atoms with Crippen molar-refractivity contribution in [3.8, 4) is 17.2 Å². The minimum absolute atomic E-state index is 0.274. The number of hydrogen-bond acceptors (Lipinski definition) is 4. The van der Waals surface area contributed by atoms with Gasteiger partial charge in [0.2, 0.25) is 0 Å². The van der Waals surface area contributed by atoms with Gasteiger partial charge in [-0.15, -0.1) is 0 Å². The van der Waals surface area contributed by atoms with E-state index in [-0.39, 0.29) is 12.4 Å². The van der Waals surface area contributed by atoms with Crippen molar-refractivity contribution in [3.05, 3.63) is 53.8 Å². The number of nitrogens with two attached hydrogens (primary N) is 1. The standard InChI is InChI=1S/C16H18FNO3/c1-19-14-2-4-15(5-3-14)20-6-7-21-16-9-12(11-18)8-13(17)10-16/h2-5,8-10H,6-7,11,18H2,1H3. The normalized spacial score (nSPS) is 10.2. The van der Waals surface area contributed by atoms with Crippen LogP contribution in [0.1, 0.15) is 5.56 Å². The molecule has 0 aliphatic rings. The van der Waals surface area contributed by atoms with Crippen LogP contribution in [0.2, 0.25) is 0 Å². The largest absolute Gasteiger partial charge is 0.497 e. The van der Waals surface area contributed by atoms with Crippen LogP contribution in [0.5, 0.6) is 17.2 Å². The van der Waals surface area contributed by atoms with Gasteiger partial charge in [-0.3, -0.25) is 0 Å². The summed E-state index contributed by atoms with van der Waals surface area (Å²) in [7, 11) is 1.61. The number of methoxy groups -OCH3 is 1. The Morgan fingerprint density at radius 2 is 1.52 bits per heavy atom. The van der Waals surface area contributed by atoms with E-state index in [2.05, 4.69) is 0 Å². The van der Waals surface area contributed by atoms with Gasteiger partial charge in [-0.05, 0) is 42.0 Å². The maximum Gasteiger partial charge on any atom is 0.127 e. The van der Waals surface area contributed by atoms with Crippen molar-refractivity contribution >= 4 is 0 Å². The molecular formula is C16H18FNO3. The highest BCUT2D eigenvalue weighted by molar-refractivity contribution is 5.31. The minimum Gasteiger partial charge on any atom is -0.497 e. The highest BCUT2D eigenvalue weighted by Crippen LogP contribution is 2.18. The van der Waals surface area contributed by atoms with Gasteiger partial charge in [-0.25, -0.2) is 4.39 Å². The van der Waals surface area contributed by atoms with Gasteiger partial charge in [-0.2, -0.15) is 0 Å². The molecule has 2 N–H and O–H groups in total. The summed E-state index contributed by atoms with van der Waals surface area (Å²) >= 11 is 0. The van der Waals surface area contributed by atoms with Crippen molar-refractivity contribution < 1.29 is 18.6 Å². The number of benzene rings is 2. The summed E-state index contributed by atoms with van der Waals surface area (Å²) in [5.74, 6) is 1.59. The molecule has 2 aromatic carbocycles. The molecule has 5 heteroatoms. The van der Waals surface area contributed by atoms with Crippen molar-refractivity contribution in [2.75, 3.05) is 20.3 Å². The Balaban J connectivity index is 1.80. The first-order valence-corrected chi connectivity index (χ1v) is 6.60. The second kappa shape index (κ2) is 7.50. The average Bonchev–Trinajstić information content (AvgIpc) is 2.51. The van der Waals surface area contributed by atoms with Gasteiger partial charge >= 0.3 is 0 Å². The van der Waals surface area contributed by atoms with E-state index in [1.807, 2.05) is 24.3 Å². The molecule has 0 atom stereocenters. The molecule has 0 aliphatic heterocycles. The molecule has 4 nitrogen and oxygen atoms in total. The lowest BCUT2D eigenvalue weighted by atomic mass is 10.2. The van der Waals surface area contributed by atoms with Crippen molar-refractivity contribution in [3.63, 3.8) is 0 Å². The number of ether oxygens (including phenoxy) is 3. The lowest BCUT2D eigenvalue weighted by molar-refractivity contribution is 0.216. The summed E-state index contributed by atoms with van der Waals surface area (Å²) in [6.07, 6.45) is 0. The number of rotatable bonds is 7. The summed E-state index contributed by atoms with van der Waals surface area (Å²) < 4.78 is 29.3. The Morgan fingerprint density at radius 3 is 2.14 bits per heavy atom. The van der Waals surface area contributed by atoms with Gasteiger partial charge in [0.15, 0.2) is 0 Å². The third-order valence-electron chi connectivity index (χ3n) is 2.85. The van der Waals surface area contributed by atoms with Gasteiger partial charge in [-0.1, -0.05) is 0 Å². The van der Waals surface area contributed by atoms with E-state index in [4.69, 9.17) is 19.9 Å². The molecule has 0 heterocycles. The summed E-state index contributed by atoms with van der Waals surface area (Å²) in [6.45, 7) is 0.955. The van der Waals surface area contributed by atoms with Crippen LogP contribution in [0.25, 0.3) is 0 Å². The second-order valence-electron chi connectivity index (χ2n) is 4.37. The summed E-state index contributed by atoms with van der Waals surface area (Å²) in [5.41, 5.74) is 6.18. The fourth-order valence-electron chi connectivity index (χ4n) is 1.81. The maximum atomic E-state index is 13.3. The molecule has 0 fully saturated rings. The lowest BCUT2D eigenvalue weighted by Gasteiger charge is -2.10. The van der Waals surface area contributed by atoms with E-state index in [1.165, 1.54) is 12.1 Å². The second-order valence-corrected chi connectivity index (χ2v) is 4.37. The van der Waals surface area contributed by atoms with Crippen LogP contribution in [0.3, 0.4) is 0 Å². The highest BCUT2D eigenvalue weighted by atomic mass is 19.1. The monoisotopic (exact) mass is 291 g/mol. The molecule has 0 radical (unpaired) electrons. The number of halogens is 1. The first kappa shape index (κ1) is 15.1. The van der Waals surface area contributed by atoms with Gasteiger partial charge in [0, 0.05) is 12.6 Å². The van der Waals surface area contributed by atoms with Crippen molar-refractivity contribution in [1.82, 2.24) is 0 Å². The molecule has 0 amide bonds. The van der Waals surface area contributed by atoms with Crippen LogP contribution >= 0.6 is 0 Å². The zero-order chi connectivity index (χ0) is 15.1. The van der Waals surface area contributed by atoms with E-state index >= 15 is 0 Å². The van der Waals surface area contributed by atoms with Crippen molar-refractivity contribution in [1.29, 1.82) is 0 Å². The fraction of sp³-hybridized carbons (Fsp3) is 0.250. The molecule has 0 saturated carbocycles. The third-order valence-corrected chi connectivity index (χ3v) is 2.85. The molecule has 112 valence electrons. The van der Waals surface area contributed by atoms with Gasteiger partial charge in [0.05, 0.1) is 7.11 Å². The molecule has 0 aromatic heterocycles. The summed E-state index contributed by atoms with van der Waals surface area (Å²) in [5, 5.41) is 0. The number of hydrogen-bond donors (Lipinski definition) is 1. The lowest BCUT2D eigenvalue weighted by Crippen LogP contribution is -2.09. The van der Waals surface area contributed by atoms with Crippen LogP contribution in [0, 0.1) is 5.82 Å². The van der Waals surface area contributed by atoms with E-state index in [0.717, 1.165) is 11.5 Å². The smallest absolute Gasteiger partial charge is 0.127 e. The maximum absolute atomic E-state index is 13.3. The van der Waals surface area contributed by atoms with E-state index < -0.39 is 0 Å². The van der Waals surface area contributed by atoms with Gasteiger partial charge in [0.1, 0.15) is 36.3 Å². The van der Waals surface area contributed by atoms with Crippen LogP contribution < -0.4 is 19.9 Å². The molecule has 21 heavy (non-hydrogen) atoms. The predicted molar refractivity (Wildman–Crippen MR) is 78.3 cm³/mol. The molecule has 2 rings (SSSR count). The molecule has 0 unspecified atom stereocenters. The van der Waals surface area contributed by atoms with Crippen LogP contribution in [0.15, 0.2) is 42.5 Å². The topological polar surface area (TPSA) is 53.7 Å². The van der Waals surface area contributed by atoms with Gasteiger partial charge in [0.25, 0.3) is 0 Å². The molecular weight excluding hydrogens is 273 g/mol.